The molecule has 2 aromatic carbocycles. The molecule has 0 aromatic heterocycles. The predicted molar refractivity (Wildman–Crippen MR) is 87.5 cm³/mol. The molecule has 0 bridgehead atoms. The molecule has 2 N–H and O–H groups in total. The highest BCUT2D eigenvalue weighted by molar-refractivity contribution is 5.45. The van der Waals surface area contributed by atoms with Gasteiger partial charge >= 0.3 is 0 Å². The van der Waals surface area contributed by atoms with Crippen LogP contribution >= 0.6 is 0 Å². The number of benzene rings is 2. The fourth-order valence-corrected chi connectivity index (χ4v) is 2.69. The van der Waals surface area contributed by atoms with E-state index < -0.39 is 0 Å². The Morgan fingerprint density at radius 1 is 1.23 bits per heavy atom. The average Bonchev–Trinajstić information content (AvgIpc) is 2.91. The molecule has 0 amide bonds. The summed E-state index contributed by atoms with van der Waals surface area (Å²) in [5.41, 5.74) is 8.02. The first-order valence-corrected chi connectivity index (χ1v) is 7.56. The second-order valence-electron chi connectivity index (χ2n) is 5.90. The van der Waals surface area contributed by atoms with Crippen LogP contribution in [0.5, 0.6) is 17.2 Å². The standard InChI is InChI=1S/C18H22N2O2/c1-20(2)12-13-5-3-4-6-17(13)21-15-7-8-18-14(9-15)10-16(11-19)22-18/h3-9,16H,10-12,19H2,1-2H3/t16-/m0/s1. The Hall–Kier alpha value is -2.04. The van der Waals surface area contributed by atoms with Crippen LogP contribution in [0.3, 0.4) is 0 Å². The zero-order valence-electron chi connectivity index (χ0n) is 13.1. The van der Waals surface area contributed by atoms with E-state index in [9.17, 15) is 0 Å². The van der Waals surface area contributed by atoms with E-state index >= 15 is 0 Å². The van der Waals surface area contributed by atoms with E-state index in [0.29, 0.717) is 6.54 Å². The molecule has 0 unspecified atom stereocenters. The molecule has 1 aliphatic rings. The zero-order chi connectivity index (χ0) is 15.5. The van der Waals surface area contributed by atoms with Gasteiger partial charge in [0.1, 0.15) is 23.4 Å². The molecule has 0 saturated carbocycles. The van der Waals surface area contributed by atoms with Crippen LogP contribution in [0.4, 0.5) is 0 Å². The molecule has 22 heavy (non-hydrogen) atoms. The molecule has 0 radical (unpaired) electrons. The van der Waals surface area contributed by atoms with Gasteiger partial charge in [-0.25, -0.2) is 0 Å². The second-order valence-corrected chi connectivity index (χ2v) is 5.90. The van der Waals surface area contributed by atoms with Crippen LogP contribution in [-0.2, 0) is 13.0 Å². The average molecular weight is 298 g/mol. The van der Waals surface area contributed by atoms with Crippen LogP contribution in [0.1, 0.15) is 11.1 Å². The number of hydrogen-bond donors (Lipinski definition) is 1. The van der Waals surface area contributed by atoms with Crippen molar-refractivity contribution in [1.82, 2.24) is 4.90 Å². The molecule has 4 nitrogen and oxygen atoms in total. The number of rotatable bonds is 5. The summed E-state index contributed by atoms with van der Waals surface area (Å²) in [4.78, 5) is 2.13. The van der Waals surface area contributed by atoms with E-state index in [-0.39, 0.29) is 6.10 Å². The van der Waals surface area contributed by atoms with E-state index in [1.54, 1.807) is 0 Å². The van der Waals surface area contributed by atoms with Gasteiger partial charge in [-0.1, -0.05) is 18.2 Å². The minimum absolute atomic E-state index is 0.0891. The molecule has 1 heterocycles. The highest BCUT2D eigenvalue weighted by atomic mass is 16.5. The fraction of sp³-hybridized carbons (Fsp3) is 0.333. The first-order chi connectivity index (χ1) is 10.7. The van der Waals surface area contributed by atoms with Gasteiger partial charge in [-0.2, -0.15) is 0 Å². The van der Waals surface area contributed by atoms with Crippen LogP contribution in [-0.4, -0.2) is 31.6 Å². The summed E-state index contributed by atoms with van der Waals surface area (Å²) in [6.45, 7) is 1.38. The third kappa shape index (κ3) is 3.24. The third-order valence-electron chi connectivity index (χ3n) is 3.72. The van der Waals surface area contributed by atoms with Crippen molar-refractivity contribution in [2.24, 2.45) is 5.73 Å². The lowest BCUT2D eigenvalue weighted by Crippen LogP contribution is -2.24. The SMILES string of the molecule is CN(C)Cc1ccccc1Oc1ccc2c(c1)C[C@@H](CN)O2. The molecule has 1 aliphatic heterocycles. The highest BCUT2D eigenvalue weighted by Gasteiger charge is 2.22. The van der Waals surface area contributed by atoms with Gasteiger partial charge in [-0.05, 0) is 38.4 Å². The molecule has 0 fully saturated rings. The Labute approximate surface area is 131 Å². The molecule has 3 rings (SSSR count). The minimum atomic E-state index is 0.0891. The van der Waals surface area contributed by atoms with Gasteiger partial charge in [-0.15, -0.1) is 0 Å². The number of fused-ring (bicyclic) bond motifs is 1. The van der Waals surface area contributed by atoms with Gasteiger partial charge in [0.15, 0.2) is 0 Å². The van der Waals surface area contributed by atoms with Crippen molar-refractivity contribution in [3.05, 3.63) is 53.6 Å². The molecule has 2 aromatic rings. The zero-order valence-corrected chi connectivity index (χ0v) is 13.1. The van der Waals surface area contributed by atoms with E-state index in [4.69, 9.17) is 15.2 Å². The van der Waals surface area contributed by atoms with Gasteiger partial charge in [-0.3, -0.25) is 0 Å². The third-order valence-corrected chi connectivity index (χ3v) is 3.72. The summed E-state index contributed by atoms with van der Waals surface area (Å²) in [6.07, 6.45) is 0.939. The molecular formula is C18H22N2O2. The number of nitrogens with two attached hydrogens (primary N) is 1. The molecule has 116 valence electrons. The molecule has 4 heteroatoms. The quantitative estimate of drug-likeness (QED) is 0.922. The Balaban J connectivity index is 1.80. The molecule has 0 spiro atoms. The van der Waals surface area contributed by atoms with Gasteiger partial charge in [0.2, 0.25) is 0 Å². The lowest BCUT2D eigenvalue weighted by atomic mass is 10.1. The smallest absolute Gasteiger partial charge is 0.131 e. The Kier molecular flexibility index (Phi) is 4.32. The molecule has 0 aliphatic carbocycles. The van der Waals surface area contributed by atoms with Gasteiger partial charge < -0.3 is 20.1 Å². The van der Waals surface area contributed by atoms with Crippen LogP contribution in [0.15, 0.2) is 42.5 Å². The van der Waals surface area contributed by atoms with E-state index in [1.165, 1.54) is 5.56 Å². The van der Waals surface area contributed by atoms with Gasteiger partial charge in [0.05, 0.1) is 0 Å². The lowest BCUT2D eigenvalue weighted by Gasteiger charge is -2.15. The van der Waals surface area contributed by atoms with Crippen molar-refractivity contribution in [1.29, 1.82) is 0 Å². The number of hydrogen-bond acceptors (Lipinski definition) is 4. The normalized spacial score (nSPS) is 16.5. The monoisotopic (exact) mass is 298 g/mol. The van der Waals surface area contributed by atoms with E-state index in [1.807, 2.05) is 30.3 Å². The Bertz CT molecular complexity index is 655. The number of nitrogens with zero attached hydrogens (tertiary/aromatic N) is 1. The van der Waals surface area contributed by atoms with Crippen LogP contribution in [0, 0.1) is 0 Å². The van der Waals surface area contributed by atoms with Crippen molar-refractivity contribution in [2.45, 2.75) is 19.1 Å². The molecular weight excluding hydrogens is 276 g/mol. The van der Waals surface area contributed by atoms with Crippen LogP contribution < -0.4 is 15.2 Å². The summed E-state index contributed by atoms with van der Waals surface area (Å²) < 4.78 is 11.8. The summed E-state index contributed by atoms with van der Waals surface area (Å²) in [5.74, 6) is 2.65. The topological polar surface area (TPSA) is 47.7 Å². The van der Waals surface area contributed by atoms with E-state index in [0.717, 1.165) is 35.8 Å². The number of ether oxygens (including phenoxy) is 2. The predicted octanol–water partition coefficient (Wildman–Crippen LogP) is 2.80. The van der Waals surface area contributed by atoms with Crippen LogP contribution in [0.25, 0.3) is 0 Å². The van der Waals surface area contributed by atoms with Gasteiger partial charge in [0.25, 0.3) is 0 Å². The molecule has 1 atom stereocenters. The lowest BCUT2D eigenvalue weighted by molar-refractivity contribution is 0.241. The van der Waals surface area contributed by atoms with Crippen molar-refractivity contribution in [3.63, 3.8) is 0 Å². The fourth-order valence-electron chi connectivity index (χ4n) is 2.69. The van der Waals surface area contributed by atoms with Gasteiger partial charge in [0, 0.05) is 30.6 Å². The van der Waals surface area contributed by atoms with Crippen molar-refractivity contribution < 1.29 is 9.47 Å². The van der Waals surface area contributed by atoms with Crippen LogP contribution in [0.2, 0.25) is 0 Å². The first kappa shape index (κ1) is 14.9. The Morgan fingerprint density at radius 3 is 2.82 bits per heavy atom. The first-order valence-electron chi connectivity index (χ1n) is 7.56. The minimum Gasteiger partial charge on any atom is -0.488 e. The van der Waals surface area contributed by atoms with E-state index in [2.05, 4.69) is 31.1 Å². The maximum Gasteiger partial charge on any atom is 0.131 e. The van der Waals surface area contributed by atoms with Crippen molar-refractivity contribution in [2.75, 3.05) is 20.6 Å². The summed E-state index contributed by atoms with van der Waals surface area (Å²) >= 11 is 0. The Morgan fingerprint density at radius 2 is 2.05 bits per heavy atom. The van der Waals surface area contributed by atoms with Crippen molar-refractivity contribution in [3.8, 4) is 17.2 Å². The largest absolute Gasteiger partial charge is 0.488 e. The maximum atomic E-state index is 6.09. The van der Waals surface area contributed by atoms with Crippen molar-refractivity contribution >= 4 is 0 Å². The summed E-state index contributed by atoms with van der Waals surface area (Å²) in [6, 6.07) is 14.1. The summed E-state index contributed by atoms with van der Waals surface area (Å²) in [7, 11) is 4.10. The summed E-state index contributed by atoms with van der Waals surface area (Å²) in [5, 5.41) is 0. The number of para-hydroxylation sites is 1. The second kappa shape index (κ2) is 6.38. The highest BCUT2D eigenvalue weighted by Crippen LogP contribution is 2.34. The molecule has 0 saturated heterocycles. The maximum absolute atomic E-state index is 6.09.